The van der Waals surface area contributed by atoms with Crippen molar-refractivity contribution >= 4 is 16.8 Å². The zero-order valence-corrected chi connectivity index (χ0v) is 13.4. The number of benzene rings is 2. The molecule has 1 aromatic heterocycles. The molecule has 0 bridgehead atoms. The first-order chi connectivity index (χ1) is 11.8. The van der Waals surface area contributed by atoms with Gasteiger partial charge in [0.05, 0.1) is 12.1 Å². The van der Waals surface area contributed by atoms with E-state index in [1.165, 1.54) is 0 Å². The summed E-state index contributed by atoms with van der Waals surface area (Å²) in [6, 6.07) is 19.6. The summed E-state index contributed by atoms with van der Waals surface area (Å²) in [6.45, 7) is 1.03. The lowest BCUT2D eigenvalue weighted by Crippen LogP contribution is -2.23. The molecule has 0 saturated heterocycles. The van der Waals surface area contributed by atoms with Crippen molar-refractivity contribution in [2.75, 3.05) is 6.61 Å². The van der Waals surface area contributed by atoms with Crippen LogP contribution >= 0.6 is 0 Å². The van der Waals surface area contributed by atoms with Gasteiger partial charge in [-0.05, 0) is 36.2 Å². The minimum atomic E-state index is 0.0276. The molecule has 0 atom stereocenters. The first-order valence-electron chi connectivity index (χ1n) is 8.09. The molecule has 3 aromatic rings. The number of amides is 1. The van der Waals surface area contributed by atoms with Crippen molar-refractivity contribution in [1.29, 1.82) is 0 Å². The Bertz CT molecular complexity index is 803. The molecule has 0 radical (unpaired) electrons. The maximum atomic E-state index is 11.9. The topological polar surface area (TPSA) is 51.2 Å². The second-order valence-corrected chi connectivity index (χ2v) is 5.58. The van der Waals surface area contributed by atoms with Gasteiger partial charge in [0.1, 0.15) is 5.75 Å². The summed E-state index contributed by atoms with van der Waals surface area (Å²) >= 11 is 0. The molecule has 4 heteroatoms. The summed E-state index contributed by atoms with van der Waals surface area (Å²) < 4.78 is 5.58. The van der Waals surface area contributed by atoms with Gasteiger partial charge in [0.25, 0.3) is 0 Å². The standard InChI is InChI=1S/C20H20N2O2/c23-20(11-6-12-24-18-8-2-1-3-9-18)22-15-16-13-17-7-4-5-10-19(17)21-14-16/h1-5,7-10,13-14H,6,11-12,15H2,(H,22,23). The Kier molecular flexibility index (Phi) is 5.40. The second-order valence-electron chi connectivity index (χ2n) is 5.58. The van der Waals surface area contributed by atoms with Gasteiger partial charge in [-0.25, -0.2) is 0 Å². The molecule has 24 heavy (non-hydrogen) atoms. The molecule has 0 fully saturated rings. The van der Waals surface area contributed by atoms with E-state index in [2.05, 4.69) is 16.4 Å². The lowest BCUT2D eigenvalue weighted by molar-refractivity contribution is -0.121. The Balaban J connectivity index is 1.40. The number of para-hydroxylation sites is 2. The number of pyridine rings is 1. The molecule has 0 unspecified atom stereocenters. The first kappa shape index (κ1) is 16.0. The minimum absolute atomic E-state index is 0.0276. The summed E-state index contributed by atoms with van der Waals surface area (Å²) in [5.41, 5.74) is 1.97. The number of fused-ring (bicyclic) bond motifs is 1. The van der Waals surface area contributed by atoms with Crippen LogP contribution in [0.5, 0.6) is 5.75 Å². The van der Waals surface area contributed by atoms with E-state index in [0.717, 1.165) is 22.2 Å². The minimum Gasteiger partial charge on any atom is -0.494 e. The number of hydrogen-bond acceptors (Lipinski definition) is 3. The van der Waals surface area contributed by atoms with Crippen LogP contribution in [0.1, 0.15) is 18.4 Å². The molecule has 3 rings (SSSR count). The number of nitrogens with zero attached hydrogens (tertiary/aromatic N) is 1. The van der Waals surface area contributed by atoms with Crippen LogP contribution in [0.25, 0.3) is 10.9 Å². The van der Waals surface area contributed by atoms with Gasteiger partial charge in [-0.3, -0.25) is 9.78 Å². The van der Waals surface area contributed by atoms with Gasteiger partial charge in [-0.15, -0.1) is 0 Å². The molecule has 0 spiro atoms. The number of carbonyl (C=O) groups is 1. The van der Waals surface area contributed by atoms with Crippen LogP contribution in [-0.4, -0.2) is 17.5 Å². The van der Waals surface area contributed by atoms with E-state index in [0.29, 0.717) is 26.0 Å². The third-order valence-corrected chi connectivity index (χ3v) is 3.70. The lowest BCUT2D eigenvalue weighted by atomic mass is 10.1. The zero-order valence-electron chi connectivity index (χ0n) is 13.4. The van der Waals surface area contributed by atoms with Crippen LogP contribution < -0.4 is 10.1 Å². The number of ether oxygens (including phenoxy) is 1. The number of hydrogen-bond donors (Lipinski definition) is 1. The third kappa shape index (κ3) is 4.56. The van der Waals surface area contributed by atoms with Crippen LogP contribution in [0, 0.1) is 0 Å². The Morgan fingerprint density at radius 3 is 2.71 bits per heavy atom. The zero-order chi connectivity index (χ0) is 16.6. The highest BCUT2D eigenvalue weighted by Gasteiger charge is 2.03. The Morgan fingerprint density at radius 2 is 1.83 bits per heavy atom. The van der Waals surface area contributed by atoms with Crippen LogP contribution in [0.4, 0.5) is 0 Å². The van der Waals surface area contributed by atoms with Crippen molar-refractivity contribution in [3.8, 4) is 5.75 Å². The van der Waals surface area contributed by atoms with E-state index in [9.17, 15) is 4.79 Å². The smallest absolute Gasteiger partial charge is 0.220 e. The largest absolute Gasteiger partial charge is 0.494 e. The van der Waals surface area contributed by atoms with Gasteiger partial charge in [-0.2, -0.15) is 0 Å². The predicted molar refractivity (Wildman–Crippen MR) is 94.8 cm³/mol. The van der Waals surface area contributed by atoms with E-state index < -0.39 is 0 Å². The maximum Gasteiger partial charge on any atom is 0.220 e. The van der Waals surface area contributed by atoms with Crippen molar-refractivity contribution < 1.29 is 9.53 Å². The second kappa shape index (κ2) is 8.11. The fourth-order valence-corrected chi connectivity index (χ4v) is 2.44. The monoisotopic (exact) mass is 320 g/mol. The van der Waals surface area contributed by atoms with Gasteiger partial charge in [0.15, 0.2) is 0 Å². The highest BCUT2D eigenvalue weighted by molar-refractivity contribution is 5.79. The van der Waals surface area contributed by atoms with E-state index in [4.69, 9.17) is 4.74 Å². The van der Waals surface area contributed by atoms with Crippen LogP contribution in [0.2, 0.25) is 0 Å². The summed E-state index contributed by atoms with van der Waals surface area (Å²) in [5, 5.41) is 4.01. The van der Waals surface area contributed by atoms with Gasteiger partial charge >= 0.3 is 0 Å². The Morgan fingerprint density at radius 1 is 1.04 bits per heavy atom. The van der Waals surface area contributed by atoms with Gasteiger partial charge in [-0.1, -0.05) is 36.4 Å². The van der Waals surface area contributed by atoms with Crippen molar-refractivity contribution in [1.82, 2.24) is 10.3 Å². The molecular weight excluding hydrogens is 300 g/mol. The van der Waals surface area contributed by atoms with Crippen LogP contribution in [-0.2, 0) is 11.3 Å². The Labute approximate surface area is 141 Å². The molecule has 0 aliphatic heterocycles. The first-order valence-corrected chi connectivity index (χ1v) is 8.09. The van der Waals surface area contributed by atoms with Gasteiger partial charge in [0, 0.05) is 24.5 Å². The van der Waals surface area contributed by atoms with Crippen LogP contribution in [0.3, 0.4) is 0 Å². The number of carbonyl (C=O) groups excluding carboxylic acids is 1. The van der Waals surface area contributed by atoms with Gasteiger partial charge < -0.3 is 10.1 Å². The normalized spacial score (nSPS) is 10.5. The third-order valence-electron chi connectivity index (χ3n) is 3.70. The molecule has 4 nitrogen and oxygen atoms in total. The predicted octanol–water partition coefficient (Wildman–Crippen LogP) is 3.71. The van der Waals surface area contributed by atoms with E-state index in [1.807, 2.05) is 54.6 Å². The molecule has 1 heterocycles. The fourth-order valence-electron chi connectivity index (χ4n) is 2.44. The summed E-state index contributed by atoms with van der Waals surface area (Å²) in [5.74, 6) is 0.861. The molecule has 2 aromatic carbocycles. The highest BCUT2D eigenvalue weighted by atomic mass is 16.5. The fraction of sp³-hybridized carbons (Fsp3) is 0.200. The number of aromatic nitrogens is 1. The summed E-state index contributed by atoms with van der Waals surface area (Å²) in [6.07, 6.45) is 2.95. The van der Waals surface area contributed by atoms with Crippen LogP contribution in [0.15, 0.2) is 66.9 Å². The SMILES string of the molecule is O=C(CCCOc1ccccc1)NCc1cnc2ccccc2c1. The summed E-state index contributed by atoms with van der Waals surface area (Å²) in [7, 11) is 0. The number of nitrogens with one attached hydrogen (secondary N) is 1. The van der Waals surface area contributed by atoms with E-state index >= 15 is 0 Å². The highest BCUT2D eigenvalue weighted by Crippen LogP contribution is 2.12. The number of rotatable bonds is 7. The summed E-state index contributed by atoms with van der Waals surface area (Å²) in [4.78, 5) is 16.3. The molecule has 1 amide bonds. The maximum absolute atomic E-state index is 11.9. The van der Waals surface area contributed by atoms with Gasteiger partial charge in [0.2, 0.25) is 5.91 Å². The van der Waals surface area contributed by atoms with E-state index in [1.54, 1.807) is 6.20 Å². The average Bonchev–Trinajstić information content (AvgIpc) is 2.64. The molecule has 122 valence electrons. The molecule has 1 N–H and O–H groups in total. The average molecular weight is 320 g/mol. The van der Waals surface area contributed by atoms with Crippen molar-refractivity contribution in [3.63, 3.8) is 0 Å². The van der Waals surface area contributed by atoms with Crippen molar-refractivity contribution in [3.05, 3.63) is 72.4 Å². The quantitative estimate of drug-likeness (QED) is 0.675. The lowest BCUT2D eigenvalue weighted by Gasteiger charge is -2.07. The van der Waals surface area contributed by atoms with Crippen molar-refractivity contribution in [2.45, 2.75) is 19.4 Å². The molecular formula is C20H20N2O2. The Hall–Kier alpha value is -2.88. The molecule has 0 saturated carbocycles. The van der Waals surface area contributed by atoms with E-state index in [-0.39, 0.29) is 5.91 Å². The molecule has 0 aliphatic carbocycles. The van der Waals surface area contributed by atoms with Crippen molar-refractivity contribution in [2.24, 2.45) is 0 Å². The molecule has 0 aliphatic rings.